The minimum atomic E-state index is -5.08. The zero-order chi connectivity index (χ0) is 19.1. The molecule has 0 aromatic heterocycles. The van der Waals surface area contributed by atoms with Crippen LogP contribution < -0.4 is 5.73 Å². The minimum Gasteiger partial charge on any atom is -0.388 e. The first-order valence-corrected chi connectivity index (χ1v) is 8.57. The molecule has 0 aromatic carbocycles. The summed E-state index contributed by atoms with van der Waals surface area (Å²) in [5.74, 6) is 0. The van der Waals surface area contributed by atoms with Gasteiger partial charge < -0.3 is 45.5 Å². The fraction of sp³-hybridized carbons (Fsp3) is 1.00. The van der Waals surface area contributed by atoms with Gasteiger partial charge in [-0.15, -0.1) is 0 Å². The Morgan fingerprint density at radius 3 is 2.08 bits per heavy atom. The first kappa shape index (κ1) is 20.8. The highest BCUT2D eigenvalue weighted by atomic mass is 32.3. The first-order chi connectivity index (χ1) is 11.4. The van der Waals surface area contributed by atoms with Gasteiger partial charge in [0.25, 0.3) is 0 Å². The van der Waals surface area contributed by atoms with Crippen LogP contribution in [0.25, 0.3) is 0 Å². The van der Waals surface area contributed by atoms with Gasteiger partial charge in [0.2, 0.25) is 6.29 Å². The van der Waals surface area contributed by atoms with Gasteiger partial charge in [-0.2, -0.15) is 8.42 Å². The number of rotatable bonds is 4. The standard InChI is InChI=1S/C11H21NO12S/c1-2-4(13)5(14)3(12)10(21-2)22-8-6(15)7(16)9(17)23-11(8)24-25(18,19)20/h2-11,13-17H,12H2,1H3,(H,18,19,20)/t2?,3?,4-,5+,6?,7-,8-,9+,10+,11?/m0/s1. The van der Waals surface area contributed by atoms with Gasteiger partial charge in [0.05, 0.1) is 12.1 Å². The van der Waals surface area contributed by atoms with Crippen molar-refractivity contribution < 1.29 is 56.9 Å². The van der Waals surface area contributed by atoms with E-state index in [0.717, 1.165) is 0 Å². The van der Waals surface area contributed by atoms with E-state index in [-0.39, 0.29) is 0 Å². The molecule has 25 heavy (non-hydrogen) atoms. The second-order valence-corrected chi connectivity index (χ2v) is 6.82. The molecule has 4 unspecified atom stereocenters. The van der Waals surface area contributed by atoms with Gasteiger partial charge in [0, 0.05) is 0 Å². The number of hydrogen-bond donors (Lipinski definition) is 7. The molecule has 2 saturated heterocycles. The second-order valence-electron chi connectivity index (χ2n) is 5.77. The van der Waals surface area contributed by atoms with Crippen LogP contribution in [0.3, 0.4) is 0 Å². The van der Waals surface area contributed by atoms with E-state index in [1.807, 2.05) is 0 Å². The third kappa shape index (κ3) is 4.62. The third-order valence-electron chi connectivity index (χ3n) is 3.92. The zero-order valence-electron chi connectivity index (χ0n) is 12.9. The van der Waals surface area contributed by atoms with Crippen molar-refractivity contribution in [3.8, 4) is 0 Å². The highest BCUT2D eigenvalue weighted by molar-refractivity contribution is 7.80. The largest absolute Gasteiger partial charge is 0.399 e. The second kappa shape index (κ2) is 7.63. The van der Waals surface area contributed by atoms with Crippen molar-refractivity contribution in [1.29, 1.82) is 0 Å². The van der Waals surface area contributed by atoms with E-state index in [2.05, 4.69) is 8.92 Å². The molecular formula is C11H21NO12S. The molecule has 0 spiro atoms. The van der Waals surface area contributed by atoms with Crippen LogP contribution in [-0.4, -0.2) is 100 Å². The summed E-state index contributed by atoms with van der Waals surface area (Å²) in [6, 6.07) is -1.31. The predicted molar refractivity (Wildman–Crippen MR) is 74.7 cm³/mol. The van der Waals surface area contributed by atoms with Crippen LogP contribution in [-0.2, 0) is 28.8 Å². The van der Waals surface area contributed by atoms with Crippen molar-refractivity contribution in [2.24, 2.45) is 5.73 Å². The molecular weight excluding hydrogens is 370 g/mol. The van der Waals surface area contributed by atoms with Crippen molar-refractivity contribution in [3.63, 3.8) is 0 Å². The number of nitrogens with two attached hydrogens (primary N) is 1. The van der Waals surface area contributed by atoms with E-state index in [9.17, 15) is 34.0 Å². The molecule has 14 heteroatoms. The van der Waals surface area contributed by atoms with E-state index in [0.29, 0.717) is 0 Å². The van der Waals surface area contributed by atoms with E-state index >= 15 is 0 Å². The summed E-state index contributed by atoms with van der Waals surface area (Å²) < 4.78 is 49.9. The topological polar surface area (TPSA) is 218 Å². The molecule has 0 saturated carbocycles. The lowest BCUT2D eigenvalue weighted by Gasteiger charge is -2.44. The van der Waals surface area contributed by atoms with Gasteiger partial charge in [-0.1, -0.05) is 0 Å². The normalized spacial score (nSPS) is 49.1. The number of ether oxygens (including phenoxy) is 3. The smallest absolute Gasteiger partial charge is 0.388 e. The summed E-state index contributed by atoms with van der Waals surface area (Å²) in [5.41, 5.74) is 5.67. The van der Waals surface area contributed by atoms with Gasteiger partial charge in [-0.05, 0) is 6.92 Å². The van der Waals surface area contributed by atoms with Gasteiger partial charge in [-0.3, -0.25) is 4.55 Å². The van der Waals surface area contributed by atoms with Crippen LogP contribution in [0.2, 0.25) is 0 Å². The van der Waals surface area contributed by atoms with Gasteiger partial charge in [0.1, 0.15) is 30.5 Å². The lowest BCUT2D eigenvalue weighted by atomic mass is 9.98. The molecule has 2 fully saturated rings. The molecule has 2 aliphatic rings. The summed E-state index contributed by atoms with van der Waals surface area (Å²) >= 11 is 0. The Kier molecular flexibility index (Phi) is 6.35. The highest BCUT2D eigenvalue weighted by Crippen LogP contribution is 2.28. The number of aliphatic hydroxyl groups excluding tert-OH is 5. The molecule has 0 bridgehead atoms. The van der Waals surface area contributed by atoms with E-state index in [1.54, 1.807) is 0 Å². The lowest BCUT2D eigenvalue weighted by Crippen LogP contribution is -2.65. The molecule has 0 aromatic rings. The summed E-state index contributed by atoms with van der Waals surface area (Å²) in [6.45, 7) is 1.40. The molecule has 13 nitrogen and oxygen atoms in total. The third-order valence-corrected chi connectivity index (χ3v) is 4.35. The molecule has 8 N–H and O–H groups in total. The van der Waals surface area contributed by atoms with Crippen LogP contribution in [0.1, 0.15) is 6.92 Å². The fourth-order valence-electron chi connectivity index (χ4n) is 2.49. The van der Waals surface area contributed by atoms with Crippen LogP contribution in [0.5, 0.6) is 0 Å². The van der Waals surface area contributed by atoms with E-state index in [1.165, 1.54) is 6.92 Å². The molecule has 0 radical (unpaired) electrons. The maximum Gasteiger partial charge on any atom is 0.399 e. The molecule has 2 heterocycles. The van der Waals surface area contributed by atoms with E-state index in [4.69, 9.17) is 19.8 Å². The molecule has 0 aliphatic carbocycles. The number of hydrogen-bond acceptors (Lipinski definition) is 12. The Bertz CT molecular complexity index is 559. The SMILES string of the molecule is CC1O[C@H](O[C@@H]2C(OS(=O)(=O)O)O[C@@H](O)[C@@H](O)C2O)C(N)[C@@H](O)[C@H]1O. The Morgan fingerprint density at radius 2 is 1.52 bits per heavy atom. The average Bonchev–Trinajstić information content (AvgIpc) is 2.50. The van der Waals surface area contributed by atoms with E-state index < -0.39 is 71.9 Å². The van der Waals surface area contributed by atoms with Crippen molar-refractivity contribution in [2.45, 2.75) is 68.5 Å². The molecule has 2 aliphatic heterocycles. The van der Waals surface area contributed by atoms with Crippen molar-refractivity contribution in [2.75, 3.05) is 0 Å². The summed E-state index contributed by atoms with van der Waals surface area (Å²) in [7, 11) is -5.08. The summed E-state index contributed by atoms with van der Waals surface area (Å²) in [5, 5.41) is 48.6. The Labute approximate surface area is 142 Å². The Balaban J connectivity index is 2.20. The zero-order valence-corrected chi connectivity index (χ0v) is 13.7. The highest BCUT2D eigenvalue weighted by Gasteiger charge is 2.50. The maximum atomic E-state index is 10.9. The quantitative estimate of drug-likeness (QED) is 0.225. The summed E-state index contributed by atoms with van der Waals surface area (Å²) in [4.78, 5) is 0. The van der Waals surface area contributed by atoms with Crippen LogP contribution in [0.15, 0.2) is 0 Å². The summed E-state index contributed by atoms with van der Waals surface area (Å²) in [6.07, 6.45) is -14.9. The van der Waals surface area contributed by atoms with Crippen LogP contribution >= 0.6 is 0 Å². The van der Waals surface area contributed by atoms with Crippen LogP contribution in [0.4, 0.5) is 0 Å². The van der Waals surface area contributed by atoms with Gasteiger partial charge >= 0.3 is 10.4 Å². The van der Waals surface area contributed by atoms with Gasteiger partial charge in [0.15, 0.2) is 12.6 Å². The van der Waals surface area contributed by atoms with Crippen molar-refractivity contribution in [1.82, 2.24) is 0 Å². The molecule has 148 valence electrons. The molecule has 0 amide bonds. The van der Waals surface area contributed by atoms with Crippen molar-refractivity contribution in [3.05, 3.63) is 0 Å². The maximum absolute atomic E-state index is 10.9. The Morgan fingerprint density at radius 1 is 0.920 bits per heavy atom. The predicted octanol–water partition coefficient (Wildman–Crippen LogP) is -4.62. The van der Waals surface area contributed by atoms with Crippen molar-refractivity contribution >= 4 is 10.4 Å². The minimum absolute atomic E-state index is 0.932. The monoisotopic (exact) mass is 391 g/mol. The lowest BCUT2D eigenvalue weighted by molar-refractivity contribution is -0.361. The first-order valence-electron chi connectivity index (χ1n) is 7.20. The van der Waals surface area contributed by atoms with Gasteiger partial charge in [-0.25, -0.2) is 4.18 Å². The molecule has 10 atom stereocenters. The van der Waals surface area contributed by atoms with Crippen LogP contribution in [0, 0.1) is 0 Å². The average molecular weight is 391 g/mol. The number of aliphatic hydroxyl groups is 5. The Hall–Kier alpha value is -0.490. The molecule has 2 rings (SSSR count). The fourth-order valence-corrected chi connectivity index (χ4v) is 2.88.